The zero-order valence-corrected chi connectivity index (χ0v) is 10.1. The summed E-state index contributed by atoms with van der Waals surface area (Å²) in [5.41, 5.74) is 0. The molecule has 2 atom stereocenters. The van der Waals surface area contributed by atoms with Gasteiger partial charge >= 0.3 is 0 Å². The van der Waals surface area contributed by atoms with Crippen LogP contribution in [-0.4, -0.2) is 27.8 Å². The first-order chi connectivity index (χ1) is 5.63. The molecule has 0 bridgehead atoms. The molecule has 0 fully saturated rings. The molecule has 0 saturated heterocycles. The molecule has 0 spiro atoms. The Kier molecular flexibility index (Phi) is 3.90. The molecule has 1 aliphatic rings. The third-order valence-electron chi connectivity index (χ3n) is 1.69. The van der Waals surface area contributed by atoms with Crippen LogP contribution >= 0.6 is 27.7 Å². The van der Waals surface area contributed by atoms with Crippen molar-refractivity contribution >= 4 is 32.9 Å². The number of nitrogens with zero attached hydrogens (tertiary/aromatic N) is 1. The Morgan fingerprint density at radius 3 is 2.75 bits per heavy atom. The third kappa shape index (κ3) is 2.66. The Bertz CT molecular complexity index is 182. The minimum Gasteiger partial charge on any atom is -0.363 e. The van der Waals surface area contributed by atoms with E-state index in [0.717, 1.165) is 10.5 Å². The van der Waals surface area contributed by atoms with Crippen molar-refractivity contribution < 1.29 is 0 Å². The van der Waals surface area contributed by atoms with E-state index in [4.69, 9.17) is 0 Å². The fraction of sp³-hybridized carbons (Fsp3) is 0.875. The van der Waals surface area contributed by atoms with Gasteiger partial charge < -0.3 is 5.32 Å². The van der Waals surface area contributed by atoms with Crippen LogP contribution < -0.4 is 5.32 Å². The molecule has 4 heteroatoms. The number of rotatable bonds is 2. The van der Waals surface area contributed by atoms with Crippen molar-refractivity contribution in [2.75, 3.05) is 5.33 Å². The number of halogens is 1. The molecular weight excluding hydrogens is 236 g/mol. The van der Waals surface area contributed by atoms with Gasteiger partial charge in [0.05, 0.1) is 6.04 Å². The van der Waals surface area contributed by atoms with Crippen molar-refractivity contribution in [2.24, 2.45) is 4.99 Å². The van der Waals surface area contributed by atoms with E-state index in [2.05, 4.69) is 47.0 Å². The molecule has 0 saturated carbocycles. The number of hydrogen-bond acceptors (Lipinski definition) is 3. The highest BCUT2D eigenvalue weighted by Crippen LogP contribution is 2.27. The van der Waals surface area contributed by atoms with Crippen LogP contribution in [0.4, 0.5) is 0 Å². The molecule has 1 rings (SSSR count). The van der Waals surface area contributed by atoms with Crippen LogP contribution in [0.25, 0.3) is 0 Å². The van der Waals surface area contributed by atoms with Gasteiger partial charge in [-0.3, -0.25) is 4.99 Å². The second-order valence-corrected chi connectivity index (χ2v) is 5.16. The molecule has 2 unspecified atom stereocenters. The van der Waals surface area contributed by atoms with E-state index in [9.17, 15) is 0 Å². The van der Waals surface area contributed by atoms with E-state index in [0.29, 0.717) is 17.3 Å². The molecule has 0 amide bonds. The maximum atomic E-state index is 4.52. The zero-order valence-electron chi connectivity index (χ0n) is 7.67. The Labute approximate surface area is 86.7 Å². The Hall–Kier alpha value is 0.300. The van der Waals surface area contributed by atoms with Crippen LogP contribution in [0.2, 0.25) is 0 Å². The van der Waals surface area contributed by atoms with E-state index in [1.165, 1.54) is 0 Å². The van der Waals surface area contributed by atoms with Gasteiger partial charge in [0.1, 0.15) is 0 Å². The lowest BCUT2D eigenvalue weighted by molar-refractivity contribution is 0.721. The summed E-state index contributed by atoms with van der Waals surface area (Å²) < 4.78 is 0. The summed E-state index contributed by atoms with van der Waals surface area (Å²) in [5, 5.41) is 6.05. The van der Waals surface area contributed by atoms with Crippen molar-refractivity contribution in [2.45, 2.75) is 38.1 Å². The first-order valence-electron chi connectivity index (χ1n) is 4.20. The molecule has 0 radical (unpaired) electrons. The van der Waals surface area contributed by atoms with Gasteiger partial charge in [-0.15, -0.1) is 0 Å². The summed E-state index contributed by atoms with van der Waals surface area (Å²) in [6.45, 7) is 6.43. The topological polar surface area (TPSA) is 24.4 Å². The second-order valence-electron chi connectivity index (χ2n) is 3.28. The third-order valence-corrected chi connectivity index (χ3v) is 4.12. The molecule has 1 aliphatic heterocycles. The number of nitrogens with one attached hydrogen (secondary N) is 1. The highest BCUT2D eigenvalue weighted by atomic mass is 79.9. The summed E-state index contributed by atoms with van der Waals surface area (Å²) in [7, 11) is 0. The highest BCUT2D eigenvalue weighted by Gasteiger charge is 2.25. The largest absolute Gasteiger partial charge is 0.363 e. The van der Waals surface area contributed by atoms with Gasteiger partial charge in [-0.25, -0.2) is 0 Å². The zero-order chi connectivity index (χ0) is 9.14. The van der Waals surface area contributed by atoms with Crippen molar-refractivity contribution in [1.82, 2.24) is 5.32 Å². The van der Waals surface area contributed by atoms with Crippen molar-refractivity contribution in [3.63, 3.8) is 0 Å². The van der Waals surface area contributed by atoms with Gasteiger partial charge in [-0.2, -0.15) is 0 Å². The van der Waals surface area contributed by atoms with E-state index in [1.807, 2.05) is 11.8 Å². The standard InChI is InChI=1S/C8H15BrN2S/c1-5(2)10-8-11-6(3)7(4-9)12-8/h5-7H,4H2,1-3H3,(H,10,11). The van der Waals surface area contributed by atoms with Crippen LogP contribution in [0, 0.1) is 0 Å². The minimum atomic E-state index is 0.440. The number of alkyl halides is 1. The van der Waals surface area contributed by atoms with Gasteiger partial charge in [0.15, 0.2) is 5.17 Å². The van der Waals surface area contributed by atoms with Crippen molar-refractivity contribution in [3.05, 3.63) is 0 Å². The molecule has 12 heavy (non-hydrogen) atoms. The average molecular weight is 251 g/mol. The molecular formula is C8H15BrN2S. The maximum absolute atomic E-state index is 4.52. The smallest absolute Gasteiger partial charge is 0.157 e. The lowest BCUT2D eigenvalue weighted by Gasteiger charge is -2.09. The minimum absolute atomic E-state index is 0.440. The number of thioether (sulfide) groups is 1. The van der Waals surface area contributed by atoms with E-state index >= 15 is 0 Å². The first-order valence-corrected chi connectivity index (χ1v) is 6.20. The molecule has 1 N–H and O–H groups in total. The summed E-state index contributed by atoms with van der Waals surface area (Å²) in [5.74, 6) is 0. The molecule has 0 aromatic carbocycles. The fourth-order valence-corrected chi connectivity index (χ4v) is 3.09. The van der Waals surface area contributed by atoms with Crippen LogP contribution in [-0.2, 0) is 0 Å². The molecule has 0 aromatic heterocycles. The lowest BCUT2D eigenvalue weighted by Crippen LogP contribution is -2.27. The summed E-state index contributed by atoms with van der Waals surface area (Å²) >= 11 is 5.33. The molecule has 70 valence electrons. The van der Waals surface area contributed by atoms with Gasteiger partial charge in [0.25, 0.3) is 0 Å². The van der Waals surface area contributed by atoms with Crippen LogP contribution in [0.5, 0.6) is 0 Å². The predicted molar refractivity (Wildman–Crippen MR) is 60.3 cm³/mol. The molecule has 0 aliphatic carbocycles. The summed E-state index contributed by atoms with van der Waals surface area (Å²) in [6, 6.07) is 0.924. The van der Waals surface area contributed by atoms with Crippen molar-refractivity contribution in [3.8, 4) is 0 Å². The normalized spacial score (nSPS) is 29.2. The number of amidine groups is 1. The molecule has 2 nitrogen and oxygen atoms in total. The van der Waals surface area contributed by atoms with Crippen molar-refractivity contribution in [1.29, 1.82) is 0 Å². The van der Waals surface area contributed by atoms with Crippen LogP contribution in [0.1, 0.15) is 20.8 Å². The summed E-state index contributed by atoms with van der Waals surface area (Å²) in [4.78, 5) is 4.52. The lowest BCUT2D eigenvalue weighted by atomic mass is 10.3. The predicted octanol–water partition coefficient (Wildman–Crippen LogP) is 2.24. The average Bonchev–Trinajstić information content (AvgIpc) is 2.29. The summed E-state index contributed by atoms with van der Waals surface area (Å²) in [6.07, 6.45) is 0. The van der Waals surface area contributed by atoms with Gasteiger partial charge in [-0.05, 0) is 20.8 Å². The number of aliphatic imine (C=N–C) groups is 1. The van der Waals surface area contributed by atoms with Crippen LogP contribution in [0.15, 0.2) is 4.99 Å². The second kappa shape index (κ2) is 4.51. The van der Waals surface area contributed by atoms with E-state index < -0.39 is 0 Å². The fourth-order valence-electron chi connectivity index (χ4n) is 1.02. The van der Waals surface area contributed by atoms with Gasteiger partial charge in [-0.1, -0.05) is 27.7 Å². The van der Waals surface area contributed by atoms with Crippen LogP contribution in [0.3, 0.4) is 0 Å². The van der Waals surface area contributed by atoms with E-state index in [-0.39, 0.29) is 0 Å². The number of hydrogen-bond donors (Lipinski definition) is 1. The van der Waals surface area contributed by atoms with E-state index in [1.54, 1.807) is 0 Å². The Morgan fingerprint density at radius 2 is 2.33 bits per heavy atom. The molecule has 0 aromatic rings. The maximum Gasteiger partial charge on any atom is 0.157 e. The van der Waals surface area contributed by atoms with Gasteiger partial charge in [0.2, 0.25) is 0 Å². The van der Waals surface area contributed by atoms with Gasteiger partial charge in [0, 0.05) is 16.6 Å². The highest BCUT2D eigenvalue weighted by molar-refractivity contribution is 9.09. The first kappa shape index (κ1) is 10.4. The Balaban J connectivity index is 2.44. The molecule has 1 heterocycles. The monoisotopic (exact) mass is 250 g/mol. The Morgan fingerprint density at radius 1 is 1.67 bits per heavy atom. The quantitative estimate of drug-likeness (QED) is 0.761. The SMILES string of the molecule is CC(C)NC1=NC(C)C(CBr)S1.